The van der Waals surface area contributed by atoms with Crippen LogP contribution in [0.15, 0.2) is 30.3 Å². The van der Waals surface area contributed by atoms with Crippen molar-refractivity contribution in [2.75, 3.05) is 13.7 Å². The number of ether oxygens (including phenoxy) is 4. The lowest BCUT2D eigenvalue weighted by molar-refractivity contribution is -0.339. The Morgan fingerprint density at radius 2 is 2.00 bits per heavy atom. The van der Waals surface area contributed by atoms with Crippen molar-refractivity contribution in [2.24, 2.45) is 5.73 Å². The lowest BCUT2D eigenvalue weighted by atomic mass is 9.96. The van der Waals surface area contributed by atoms with Gasteiger partial charge in [-0.15, -0.1) is 0 Å². The molecule has 0 aliphatic carbocycles. The molecule has 2 saturated heterocycles. The molecule has 2 aliphatic heterocycles. The summed E-state index contributed by atoms with van der Waals surface area (Å²) in [5.41, 5.74) is 6.81. The summed E-state index contributed by atoms with van der Waals surface area (Å²) >= 11 is 0. The molecule has 3 N–H and O–H groups in total. The number of hydrogen-bond acceptors (Lipinski definition) is 6. The smallest absolute Gasteiger partial charge is 0.184 e. The Bertz CT molecular complexity index is 440. The van der Waals surface area contributed by atoms with Gasteiger partial charge in [-0.25, -0.2) is 0 Å². The Labute approximate surface area is 117 Å². The van der Waals surface area contributed by atoms with E-state index in [9.17, 15) is 5.11 Å². The fourth-order valence-corrected chi connectivity index (χ4v) is 2.60. The topological polar surface area (TPSA) is 83.2 Å². The molecule has 6 heteroatoms. The molecule has 0 saturated carbocycles. The minimum atomic E-state index is -0.853. The number of rotatable bonds is 2. The summed E-state index contributed by atoms with van der Waals surface area (Å²) in [6.45, 7) is 0.327. The number of benzene rings is 1. The molecule has 0 unspecified atom stereocenters. The van der Waals surface area contributed by atoms with Crippen LogP contribution in [0.2, 0.25) is 0 Å². The van der Waals surface area contributed by atoms with E-state index in [1.165, 1.54) is 7.11 Å². The van der Waals surface area contributed by atoms with Gasteiger partial charge in [0.2, 0.25) is 0 Å². The third-order valence-corrected chi connectivity index (χ3v) is 3.72. The first-order valence-electron chi connectivity index (χ1n) is 6.64. The average Bonchev–Trinajstić information content (AvgIpc) is 2.51. The quantitative estimate of drug-likeness (QED) is 0.803. The van der Waals surface area contributed by atoms with Crippen LogP contribution in [0.5, 0.6) is 0 Å². The molecule has 1 aromatic rings. The first-order chi connectivity index (χ1) is 9.70. The van der Waals surface area contributed by atoms with Crippen molar-refractivity contribution >= 4 is 0 Å². The van der Waals surface area contributed by atoms with Crippen molar-refractivity contribution in [1.82, 2.24) is 0 Å². The van der Waals surface area contributed by atoms with Crippen molar-refractivity contribution in [3.8, 4) is 0 Å². The molecule has 0 radical (unpaired) electrons. The van der Waals surface area contributed by atoms with E-state index in [0.29, 0.717) is 6.61 Å². The zero-order valence-corrected chi connectivity index (χ0v) is 11.2. The maximum atomic E-state index is 10.3. The highest BCUT2D eigenvalue weighted by molar-refractivity contribution is 5.16. The molecular weight excluding hydrogens is 262 g/mol. The predicted octanol–water partition coefficient (Wildman–Crippen LogP) is 0.160. The van der Waals surface area contributed by atoms with Crippen molar-refractivity contribution in [1.29, 1.82) is 0 Å². The summed E-state index contributed by atoms with van der Waals surface area (Å²) in [7, 11) is 1.49. The number of hydrogen-bond donors (Lipinski definition) is 2. The molecule has 20 heavy (non-hydrogen) atoms. The van der Waals surface area contributed by atoms with E-state index in [4.69, 9.17) is 24.7 Å². The molecule has 110 valence electrons. The van der Waals surface area contributed by atoms with Gasteiger partial charge in [-0.2, -0.15) is 0 Å². The second-order valence-corrected chi connectivity index (χ2v) is 5.02. The lowest BCUT2D eigenvalue weighted by Crippen LogP contribution is -2.64. The molecule has 6 atom stereocenters. The van der Waals surface area contributed by atoms with Crippen LogP contribution in [0.3, 0.4) is 0 Å². The van der Waals surface area contributed by atoms with Gasteiger partial charge in [-0.1, -0.05) is 30.3 Å². The van der Waals surface area contributed by atoms with E-state index in [1.807, 2.05) is 30.3 Å². The Hall–Kier alpha value is -1.02. The third kappa shape index (κ3) is 2.46. The van der Waals surface area contributed by atoms with Crippen LogP contribution < -0.4 is 5.73 Å². The summed E-state index contributed by atoms with van der Waals surface area (Å²) in [6.07, 6.45) is -2.91. The van der Waals surface area contributed by atoms with E-state index in [-0.39, 0.29) is 6.10 Å². The normalized spacial score (nSPS) is 41.1. The van der Waals surface area contributed by atoms with E-state index in [2.05, 4.69) is 0 Å². The van der Waals surface area contributed by atoms with Gasteiger partial charge in [0, 0.05) is 12.7 Å². The number of methoxy groups -OCH3 is 1. The highest BCUT2D eigenvalue weighted by Crippen LogP contribution is 2.33. The first kappa shape index (κ1) is 13.9. The van der Waals surface area contributed by atoms with Crippen LogP contribution in [0.25, 0.3) is 0 Å². The van der Waals surface area contributed by atoms with Crippen molar-refractivity contribution in [3.05, 3.63) is 35.9 Å². The molecule has 2 aliphatic rings. The summed E-state index contributed by atoms with van der Waals surface area (Å²) in [5.74, 6) is 0. The minimum absolute atomic E-state index is 0.327. The Morgan fingerprint density at radius 1 is 1.25 bits per heavy atom. The Kier molecular flexibility index (Phi) is 4.02. The van der Waals surface area contributed by atoms with E-state index in [1.54, 1.807) is 0 Å². The van der Waals surface area contributed by atoms with Gasteiger partial charge < -0.3 is 29.8 Å². The second-order valence-electron chi connectivity index (χ2n) is 5.02. The first-order valence-corrected chi connectivity index (χ1v) is 6.64. The molecular formula is C14H19NO5. The van der Waals surface area contributed by atoms with E-state index < -0.39 is 30.8 Å². The number of aliphatic hydroxyl groups is 1. The van der Waals surface area contributed by atoms with Crippen LogP contribution in [0, 0.1) is 0 Å². The summed E-state index contributed by atoms with van der Waals surface area (Å²) in [5, 5.41) is 10.3. The molecule has 6 nitrogen and oxygen atoms in total. The monoisotopic (exact) mass is 281 g/mol. The van der Waals surface area contributed by atoms with Crippen molar-refractivity contribution in [3.63, 3.8) is 0 Å². The molecule has 2 fully saturated rings. The van der Waals surface area contributed by atoms with Crippen LogP contribution in [0.1, 0.15) is 11.9 Å². The van der Waals surface area contributed by atoms with Crippen molar-refractivity contribution in [2.45, 2.75) is 36.9 Å². The van der Waals surface area contributed by atoms with Gasteiger partial charge in [0.1, 0.15) is 18.3 Å². The zero-order chi connectivity index (χ0) is 14.1. The average molecular weight is 281 g/mol. The maximum absolute atomic E-state index is 10.3. The maximum Gasteiger partial charge on any atom is 0.184 e. The van der Waals surface area contributed by atoms with Gasteiger partial charge >= 0.3 is 0 Å². The van der Waals surface area contributed by atoms with Gasteiger partial charge in [0.05, 0.1) is 12.6 Å². The number of fused-ring (bicyclic) bond motifs is 1. The predicted molar refractivity (Wildman–Crippen MR) is 69.7 cm³/mol. The molecule has 0 bridgehead atoms. The zero-order valence-electron chi connectivity index (χ0n) is 11.2. The van der Waals surface area contributed by atoms with Gasteiger partial charge in [-0.05, 0) is 0 Å². The number of aliphatic hydroxyl groups excluding tert-OH is 1. The highest BCUT2D eigenvalue weighted by Gasteiger charge is 2.48. The summed E-state index contributed by atoms with van der Waals surface area (Å²) in [4.78, 5) is 0. The fourth-order valence-electron chi connectivity index (χ4n) is 2.60. The van der Waals surface area contributed by atoms with Crippen LogP contribution >= 0.6 is 0 Å². The minimum Gasteiger partial charge on any atom is -0.388 e. The fraction of sp³-hybridized carbons (Fsp3) is 0.571. The number of nitrogens with two attached hydrogens (primary N) is 1. The standard InChI is InChI=1S/C14H19NO5/c1-17-14-10(15)11(16)12-9(19-14)7-18-13(20-12)8-5-3-2-4-6-8/h2-6,9-14,16H,7,15H2,1H3/t9-,10+,11-,12+,13+,14-/m1/s1. The third-order valence-electron chi connectivity index (χ3n) is 3.72. The second kappa shape index (κ2) is 5.77. The van der Waals surface area contributed by atoms with Gasteiger partial charge in [-0.3, -0.25) is 0 Å². The SMILES string of the molecule is CO[C@@H]1O[C@@H]2CO[C@H](c3ccccc3)O[C@@H]2[C@H](O)[C@@H]1N. The molecule has 1 aromatic carbocycles. The van der Waals surface area contributed by atoms with E-state index in [0.717, 1.165) is 5.56 Å². The molecule has 0 spiro atoms. The van der Waals surface area contributed by atoms with Gasteiger partial charge in [0.25, 0.3) is 0 Å². The van der Waals surface area contributed by atoms with Gasteiger partial charge in [0.15, 0.2) is 12.6 Å². The Morgan fingerprint density at radius 3 is 2.70 bits per heavy atom. The van der Waals surface area contributed by atoms with Crippen molar-refractivity contribution < 1.29 is 24.1 Å². The molecule has 2 heterocycles. The molecule has 0 amide bonds. The van der Waals surface area contributed by atoms with Crippen LogP contribution in [0.4, 0.5) is 0 Å². The van der Waals surface area contributed by atoms with Crippen LogP contribution in [-0.4, -0.2) is 49.5 Å². The Balaban J connectivity index is 1.74. The summed E-state index contributed by atoms with van der Waals surface area (Å²) < 4.78 is 22.2. The molecule has 3 rings (SSSR count). The summed E-state index contributed by atoms with van der Waals surface area (Å²) in [6, 6.07) is 8.93. The van der Waals surface area contributed by atoms with Crippen LogP contribution in [-0.2, 0) is 18.9 Å². The largest absolute Gasteiger partial charge is 0.388 e. The van der Waals surface area contributed by atoms with E-state index >= 15 is 0 Å². The molecule has 0 aromatic heterocycles. The highest BCUT2D eigenvalue weighted by atomic mass is 16.7. The lowest BCUT2D eigenvalue weighted by Gasteiger charge is -2.46.